The largest absolute Gasteiger partial charge is 0.443 e. The van der Waals surface area contributed by atoms with Crippen LogP contribution in [0.15, 0.2) is 36.4 Å². The second-order valence-electron chi connectivity index (χ2n) is 14.4. The summed E-state index contributed by atoms with van der Waals surface area (Å²) in [7, 11) is 0. The number of benzene rings is 2. The Balaban J connectivity index is 1.13. The van der Waals surface area contributed by atoms with E-state index in [0.717, 1.165) is 27.2 Å². The molecule has 5 rings (SSSR count). The molecule has 0 aromatic heterocycles. The lowest BCUT2D eigenvalue weighted by Crippen LogP contribution is -2.55. The molecule has 0 bridgehead atoms. The number of halogens is 1. The molecule has 0 radical (unpaired) electrons. The predicted octanol–water partition coefficient (Wildman–Crippen LogP) is 5.04. The topological polar surface area (TPSA) is 121 Å². The van der Waals surface area contributed by atoms with Gasteiger partial charge >= 0.3 is 5.97 Å². The first-order valence-corrected chi connectivity index (χ1v) is 17.1. The number of imide groups is 1. The number of likely N-dealkylation sites (tertiary alicyclic amines) is 2. The average Bonchev–Trinajstić information content (AvgIpc) is 3.36. The van der Waals surface area contributed by atoms with Gasteiger partial charge in [0.25, 0.3) is 11.8 Å². The summed E-state index contributed by atoms with van der Waals surface area (Å²) in [4.78, 5) is 81.9. The first kappa shape index (κ1) is 35.3. The van der Waals surface area contributed by atoms with Crippen molar-refractivity contribution in [2.75, 3.05) is 19.8 Å². The number of hydrogen-bond donors (Lipinski definition) is 0. The molecular formula is C37H44ClN3O7. The molecule has 1 atom stereocenters. The lowest BCUT2D eigenvalue weighted by atomic mass is 9.90. The quantitative estimate of drug-likeness (QED) is 0.255. The summed E-state index contributed by atoms with van der Waals surface area (Å²) < 4.78 is 5.45. The first-order chi connectivity index (χ1) is 22.7. The number of carbonyl (C=O) groups is 6. The highest BCUT2D eigenvalue weighted by molar-refractivity contribution is 6.31. The lowest BCUT2D eigenvalue weighted by Gasteiger charge is -2.35. The summed E-state index contributed by atoms with van der Waals surface area (Å²) in [5.74, 6) is -2.08. The van der Waals surface area contributed by atoms with Crippen LogP contribution >= 0.6 is 11.6 Å². The zero-order valence-corrected chi connectivity index (χ0v) is 28.9. The monoisotopic (exact) mass is 677 g/mol. The molecule has 4 amide bonds. The van der Waals surface area contributed by atoms with E-state index in [2.05, 4.69) is 0 Å². The van der Waals surface area contributed by atoms with Crippen LogP contribution in [0.1, 0.15) is 91.9 Å². The van der Waals surface area contributed by atoms with E-state index in [0.29, 0.717) is 62.2 Å². The van der Waals surface area contributed by atoms with Crippen LogP contribution in [0, 0.1) is 18.3 Å². The van der Waals surface area contributed by atoms with E-state index in [1.165, 1.54) is 4.90 Å². The molecule has 2 aromatic rings. The molecule has 0 saturated carbocycles. The number of amides is 4. The number of Topliss-reactive ketones (excluding diaryl/α,β-unsaturated/α-hetero) is 1. The molecule has 3 aliphatic rings. The number of fused-ring (bicyclic) bond motifs is 1. The normalized spacial score (nSPS) is 18.7. The van der Waals surface area contributed by atoms with Gasteiger partial charge in [0.05, 0.1) is 5.92 Å². The molecule has 256 valence electrons. The molecule has 10 nitrogen and oxygen atoms in total. The average molecular weight is 678 g/mol. The van der Waals surface area contributed by atoms with Crippen molar-refractivity contribution in [2.24, 2.45) is 11.3 Å². The van der Waals surface area contributed by atoms with Gasteiger partial charge in [0.15, 0.2) is 6.73 Å². The number of rotatable bonds is 10. The van der Waals surface area contributed by atoms with Crippen molar-refractivity contribution in [1.29, 1.82) is 0 Å². The Morgan fingerprint density at radius 3 is 2.35 bits per heavy atom. The maximum atomic E-state index is 13.5. The van der Waals surface area contributed by atoms with Crippen molar-refractivity contribution in [3.8, 4) is 0 Å². The predicted molar refractivity (Wildman–Crippen MR) is 179 cm³/mol. The van der Waals surface area contributed by atoms with Crippen molar-refractivity contribution in [3.05, 3.63) is 69.2 Å². The Morgan fingerprint density at radius 2 is 1.67 bits per heavy atom. The van der Waals surface area contributed by atoms with Crippen molar-refractivity contribution in [2.45, 2.75) is 91.6 Å². The van der Waals surface area contributed by atoms with Crippen molar-refractivity contribution in [3.63, 3.8) is 0 Å². The number of aryl methyl sites for hydroxylation is 2. The zero-order valence-electron chi connectivity index (χ0n) is 28.2. The molecular weight excluding hydrogens is 634 g/mol. The summed E-state index contributed by atoms with van der Waals surface area (Å²) in [6.45, 7) is 8.56. The van der Waals surface area contributed by atoms with Gasteiger partial charge in [0, 0.05) is 55.9 Å². The van der Waals surface area contributed by atoms with Crippen molar-refractivity contribution >= 4 is 47.0 Å². The summed E-state index contributed by atoms with van der Waals surface area (Å²) in [5.41, 5.74) is 3.89. The number of ketones is 1. The third kappa shape index (κ3) is 8.32. The van der Waals surface area contributed by atoms with Gasteiger partial charge in [0.2, 0.25) is 11.8 Å². The maximum Gasteiger partial charge on any atom is 0.310 e. The number of piperidine rings is 2. The highest BCUT2D eigenvalue weighted by Crippen LogP contribution is 2.31. The molecule has 0 aliphatic carbocycles. The van der Waals surface area contributed by atoms with Crippen LogP contribution in [0.3, 0.4) is 0 Å². The highest BCUT2D eigenvalue weighted by Gasteiger charge is 2.43. The van der Waals surface area contributed by atoms with Gasteiger partial charge in [0.1, 0.15) is 11.8 Å². The Morgan fingerprint density at radius 1 is 0.958 bits per heavy atom. The molecule has 1 unspecified atom stereocenters. The number of carbonyl (C=O) groups excluding carboxylic acids is 6. The fourth-order valence-electron chi connectivity index (χ4n) is 6.57. The van der Waals surface area contributed by atoms with Crippen molar-refractivity contribution < 1.29 is 33.5 Å². The fraction of sp³-hybridized carbons (Fsp3) is 0.514. The molecule has 11 heteroatoms. The zero-order chi connectivity index (χ0) is 34.7. The van der Waals surface area contributed by atoms with Gasteiger partial charge < -0.3 is 14.5 Å². The van der Waals surface area contributed by atoms with Gasteiger partial charge in [-0.15, -0.1) is 0 Å². The standard InChI is InChI=1S/C37H44ClN3O7/c1-23-5-6-25(19-30(23)38)18-28(42)9-7-24-8-10-29-27(17-24)21-40(34(29)45)31-11-12-32(43)41(35(31)46)22-48-36(47)26-13-15-39(16-14-26)33(44)20-37(2,3)4/h5-6,8,10,17,19,26,31H,7,9,11-16,18,20-22H2,1-4H3. The summed E-state index contributed by atoms with van der Waals surface area (Å²) >= 11 is 6.20. The minimum absolute atomic E-state index is 0.0436. The number of esters is 1. The van der Waals surface area contributed by atoms with Crippen LogP contribution < -0.4 is 0 Å². The van der Waals surface area contributed by atoms with Crippen LogP contribution in [0.4, 0.5) is 0 Å². The van der Waals surface area contributed by atoms with Crippen LogP contribution in [0.2, 0.25) is 5.02 Å². The van der Waals surface area contributed by atoms with E-state index in [-0.39, 0.29) is 42.4 Å². The SMILES string of the molecule is Cc1ccc(CC(=O)CCc2ccc3c(c2)CN(C2CCC(=O)N(COC(=O)C4CCN(C(=O)CC(C)(C)C)CC4)C2=O)C3=O)cc1Cl. The molecule has 2 aromatic carbocycles. The van der Waals surface area contributed by atoms with Gasteiger partial charge in [-0.2, -0.15) is 0 Å². The van der Waals surface area contributed by atoms with Crippen LogP contribution in [0.25, 0.3) is 0 Å². The van der Waals surface area contributed by atoms with Gasteiger partial charge in [-0.25, -0.2) is 4.90 Å². The van der Waals surface area contributed by atoms with E-state index in [9.17, 15) is 28.8 Å². The van der Waals surface area contributed by atoms with Crippen LogP contribution in [-0.4, -0.2) is 75.9 Å². The number of ether oxygens (including phenoxy) is 1. The fourth-order valence-corrected chi connectivity index (χ4v) is 6.78. The second kappa shape index (κ2) is 14.6. The summed E-state index contributed by atoms with van der Waals surface area (Å²) in [5, 5.41) is 0.635. The van der Waals surface area contributed by atoms with E-state index in [4.69, 9.17) is 16.3 Å². The summed E-state index contributed by atoms with van der Waals surface area (Å²) in [6, 6.07) is 10.2. The van der Waals surface area contributed by atoms with E-state index >= 15 is 0 Å². The molecule has 2 fully saturated rings. The van der Waals surface area contributed by atoms with Crippen LogP contribution in [0.5, 0.6) is 0 Å². The first-order valence-electron chi connectivity index (χ1n) is 16.7. The Bertz CT molecular complexity index is 1620. The smallest absolute Gasteiger partial charge is 0.310 e. The second-order valence-corrected chi connectivity index (χ2v) is 14.8. The Kier molecular flexibility index (Phi) is 10.7. The van der Waals surface area contributed by atoms with Gasteiger partial charge in [-0.05, 0) is 72.4 Å². The molecule has 3 aliphatic heterocycles. The van der Waals surface area contributed by atoms with E-state index in [1.54, 1.807) is 11.0 Å². The Labute approximate surface area is 286 Å². The molecule has 2 saturated heterocycles. The molecule has 0 N–H and O–H groups in total. The lowest BCUT2D eigenvalue weighted by molar-refractivity contribution is -0.167. The van der Waals surface area contributed by atoms with E-state index in [1.807, 2.05) is 58.0 Å². The summed E-state index contributed by atoms with van der Waals surface area (Å²) in [6.07, 6.45) is 2.73. The molecule has 3 heterocycles. The maximum absolute atomic E-state index is 13.5. The van der Waals surface area contributed by atoms with Gasteiger partial charge in [-0.3, -0.25) is 28.8 Å². The third-order valence-corrected chi connectivity index (χ3v) is 9.80. The van der Waals surface area contributed by atoms with Crippen LogP contribution in [-0.2, 0) is 48.1 Å². The van der Waals surface area contributed by atoms with Crippen molar-refractivity contribution in [1.82, 2.24) is 14.7 Å². The van der Waals surface area contributed by atoms with E-state index < -0.39 is 36.5 Å². The highest BCUT2D eigenvalue weighted by atomic mass is 35.5. The molecule has 0 spiro atoms. The minimum Gasteiger partial charge on any atom is -0.443 e. The van der Waals surface area contributed by atoms with Gasteiger partial charge in [-0.1, -0.05) is 56.6 Å². The number of nitrogens with zero attached hydrogens (tertiary/aromatic N) is 3. The minimum atomic E-state index is -0.857. The number of hydrogen-bond acceptors (Lipinski definition) is 7. The molecule has 48 heavy (non-hydrogen) atoms. The Hall–Kier alpha value is -4.05. The third-order valence-electron chi connectivity index (χ3n) is 9.39.